The molecule has 3 heteroatoms. The smallest absolute Gasteiger partial charge is 0.0944 e. The van der Waals surface area contributed by atoms with Gasteiger partial charge in [-0.1, -0.05) is 45.0 Å². The van der Waals surface area contributed by atoms with Gasteiger partial charge < -0.3 is 5.32 Å². The van der Waals surface area contributed by atoms with E-state index >= 15 is 0 Å². The lowest BCUT2D eigenvalue weighted by molar-refractivity contribution is 0.543. The molecule has 1 atom stereocenters. The van der Waals surface area contributed by atoms with Crippen LogP contribution < -0.4 is 5.32 Å². The number of aryl methyl sites for hydroxylation is 1. The molecule has 0 amide bonds. The van der Waals surface area contributed by atoms with Crippen LogP contribution in [0.3, 0.4) is 0 Å². The predicted octanol–water partition coefficient (Wildman–Crippen LogP) is 4.12. The molecule has 2 nitrogen and oxygen atoms in total. The second-order valence-electron chi connectivity index (χ2n) is 6.70. The Labute approximate surface area is 132 Å². The molecule has 2 aromatic rings. The number of likely N-dealkylation sites (N-methyl/N-ethyl adjacent to an activating group) is 1. The summed E-state index contributed by atoms with van der Waals surface area (Å²) in [6.07, 6.45) is 2.04. The zero-order valence-corrected chi connectivity index (χ0v) is 14.6. The molecule has 0 spiro atoms. The third-order valence-corrected chi connectivity index (χ3v) is 4.75. The van der Waals surface area contributed by atoms with Gasteiger partial charge in [-0.25, -0.2) is 4.98 Å². The molecule has 0 saturated heterocycles. The summed E-state index contributed by atoms with van der Waals surface area (Å²) >= 11 is 1.78. The van der Waals surface area contributed by atoms with Crippen molar-refractivity contribution in [3.63, 3.8) is 0 Å². The molecule has 0 fully saturated rings. The van der Waals surface area contributed by atoms with Crippen molar-refractivity contribution in [2.24, 2.45) is 0 Å². The highest BCUT2D eigenvalue weighted by molar-refractivity contribution is 7.09. The van der Waals surface area contributed by atoms with Crippen LogP contribution in [0.15, 0.2) is 29.6 Å². The van der Waals surface area contributed by atoms with E-state index in [-0.39, 0.29) is 5.41 Å². The first kappa shape index (κ1) is 16.2. The number of rotatable bonds is 5. The summed E-state index contributed by atoms with van der Waals surface area (Å²) in [6.45, 7) is 8.83. The molecule has 0 radical (unpaired) electrons. The predicted molar refractivity (Wildman–Crippen MR) is 92.2 cm³/mol. The van der Waals surface area contributed by atoms with Crippen LogP contribution in [-0.2, 0) is 18.3 Å². The standard InChI is InChI=1S/C18H26N2S/c1-13-8-6-7-9-14(13)10-15(19-5)11-17-20-16(12-21-17)18(2,3)4/h6-9,12,15,19H,10-11H2,1-5H3. The maximum Gasteiger partial charge on any atom is 0.0944 e. The van der Waals surface area contributed by atoms with Crippen LogP contribution in [-0.4, -0.2) is 18.1 Å². The third-order valence-electron chi connectivity index (χ3n) is 3.88. The first-order chi connectivity index (χ1) is 9.90. The molecule has 0 aliphatic rings. The van der Waals surface area contributed by atoms with Gasteiger partial charge in [0, 0.05) is 23.3 Å². The lowest BCUT2D eigenvalue weighted by Crippen LogP contribution is -2.30. The van der Waals surface area contributed by atoms with E-state index in [0.717, 1.165) is 12.8 Å². The van der Waals surface area contributed by atoms with Gasteiger partial charge in [0.25, 0.3) is 0 Å². The van der Waals surface area contributed by atoms with Gasteiger partial charge in [-0.2, -0.15) is 0 Å². The number of nitrogens with one attached hydrogen (secondary N) is 1. The fraction of sp³-hybridized carbons (Fsp3) is 0.500. The molecular formula is C18H26N2S. The normalized spacial score (nSPS) is 13.4. The van der Waals surface area contributed by atoms with Crippen molar-refractivity contribution in [2.45, 2.75) is 52.0 Å². The average Bonchev–Trinajstić information content (AvgIpc) is 2.89. The second-order valence-corrected chi connectivity index (χ2v) is 7.64. The van der Waals surface area contributed by atoms with Crippen LogP contribution in [0.4, 0.5) is 0 Å². The summed E-state index contributed by atoms with van der Waals surface area (Å²) in [4.78, 5) is 4.81. The minimum Gasteiger partial charge on any atom is -0.316 e. The Hall–Kier alpha value is -1.19. The van der Waals surface area contributed by atoms with E-state index < -0.39 is 0 Å². The quantitative estimate of drug-likeness (QED) is 0.898. The maximum absolute atomic E-state index is 4.81. The SMILES string of the molecule is CNC(Cc1nc(C(C)(C)C)cs1)Cc1ccccc1C. The van der Waals surface area contributed by atoms with Crippen LogP contribution >= 0.6 is 11.3 Å². The summed E-state index contributed by atoms with van der Waals surface area (Å²) < 4.78 is 0. The Morgan fingerprint density at radius 3 is 2.48 bits per heavy atom. The number of benzene rings is 1. The van der Waals surface area contributed by atoms with E-state index in [9.17, 15) is 0 Å². The molecule has 1 aromatic carbocycles. The summed E-state index contributed by atoms with van der Waals surface area (Å²) in [5, 5.41) is 6.87. The number of hydrogen-bond acceptors (Lipinski definition) is 3. The van der Waals surface area contributed by atoms with Gasteiger partial charge >= 0.3 is 0 Å². The largest absolute Gasteiger partial charge is 0.316 e. The number of aromatic nitrogens is 1. The first-order valence-corrected chi connectivity index (χ1v) is 8.44. The van der Waals surface area contributed by atoms with E-state index in [2.05, 4.69) is 62.7 Å². The van der Waals surface area contributed by atoms with E-state index in [4.69, 9.17) is 4.98 Å². The highest BCUT2D eigenvalue weighted by Gasteiger charge is 2.19. The Morgan fingerprint density at radius 1 is 1.19 bits per heavy atom. The first-order valence-electron chi connectivity index (χ1n) is 7.57. The molecule has 1 aromatic heterocycles. The molecule has 0 bridgehead atoms. The Bertz CT molecular complexity index is 581. The summed E-state index contributed by atoms with van der Waals surface area (Å²) in [5.74, 6) is 0. The molecule has 1 heterocycles. The number of nitrogens with zero attached hydrogens (tertiary/aromatic N) is 1. The van der Waals surface area contributed by atoms with Crippen molar-refractivity contribution in [3.8, 4) is 0 Å². The Morgan fingerprint density at radius 2 is 1.90 bits per heavy atom. The average molecular weight is 302 g/mol. The van der Waals surface area contributed by atoms with Crippen molar-refractivity contribution in [1.29, 1.82) is 0 Å². The summed E-state index contributed by atoms with van der Waals surface area (Å²) in [7, 11) is 2.04. The second kappa shape index (κ2) is 6.71. The fourth-order valence-electron chi connectivity index (χ4n) is 2.34. The van der Waals surface area contributed by atoms with Crippen molar-refractivity contribution >= 4 is 11.3 Å². The van der Waals surface area contributed by atoms with Crippen molar-refractivity contribution in [1.82, 2.24) is 10.3 Å². The highest BCUT2D eigenvalue weighted by atomic mass is 32.1. The molecule has 1 unspecified atom stereocenters. The number of thiazole rings is 1. The minimum atomic E-state index is 0.139. The van der Waals surface area contributed by atoms with Crippen LogP contribution in [0, 0.1) is 6.92 Å². The van der Waals surface area contributed by atoms with Crippen molar-refractivity contribution in [3.05, 3.63) is 51.5 Å². The number of hydrogen-bond donors (Lipinski definition) is 1. The van der Waals surface area contributed by atoms with Crippen LogP contribution in [0.2, 0.25) is 0 Å². The van der Waals surface area contributed by atoms with Crippen LogP contribution in [0.25, 0.3) is 0 Å². The molecule has 0 aliphatic heterocycles. The Kier molecular flexibility index (Phi) is 5.17. The lowest BCUT2D eigenvalue weighted by atomic mass is 9.93. The molecule has 1 N–H and O–H groups in total. The van der Waals surface area contributed by atoms with E-state index in [1.807, 2.05) is 7.05 Å². The highest BCUT2D eigenvalue weighted by Crippen LogP contribution is 2.24. The van der Waals surface area contributed by atoms with Gasteiger partial charge in [-0.3, -0.25) is 0 Å². The van der Waals surface area contributed by atoms with Gasteiger partial charge in [-0.05, 0) is 31.5 Å². The van der Waals surface area contributed by atoms with Gasteiger partial charge in [0.2, 0.25) is 0 Å². The van der Waals surface area contributed by atoms with Gasteiger partial charge in [0.05, 0.1) is 10.7 Å². The van der Waals surface area contributed by atoms with Crippen molar-refractivity contribution < 1.29 is 0 Å². The van der Waals surface area contributed by atoms with Gasteiger partial charge in [0.15, 0.2) is 0 Å². The molecular weight excluding hydrogens is 276 g/mol. The summed E-state index contributed by atoms with van der Waals surface area (Å²) in [6, 6.07) is 9.07. The van der Waals surface area contributed by atoms with Crippen LogP contribution in [0.5, 0.6) is 0 Å². The summed E-state index contributed by atoms with van der Waals surface area (Å²) in [5.41, 5.74) is 4.13. The van der Waals surface area contributed by atoms with E-state index in [0.29, 0.717) is 6.04 Å². The molecule has 2 rings (SSSR count). The molecule has 0 saturated carbocycles. The minimum absolute atomic E-state index is 0.139. The zero-order valence-electron chi connectivity index (χ0n) is 13.7. The van der Waals surface area contributed by atoms with E-state index in [1.165, 1.54) is 21.8 Å². The Balaban J connectivity index is 2.06. The third kappa shape index (κ3) is 4.39. The molecule has 114 valence electrons. The zero-order chi connectivity index (χ0) is 15.5. The molecule has 0 aliphatic carbocycles. The maximum atomic E-state index is 4.81. The van der Waals surface area contributed by atoms with E-state index in [1.54, 1.807) is 11.3 Å². The van der Waals surface area contributed by atoms with Gasteiger partial charge in [-0.15, -0.1) is 11.3 Å². The molecule has 21 heavy (non-hydrogen) atoms. The topological polar surface area (TPSA) is 24.9 Å². The fourth-order valence-corrected chi connectivity index (χ4v) is 3.44. The lowest BCUT2D eigenvalue weighted by Gasteiger charge is -2.17. The van der Waals surface area contributed by atoms with Crippen molar-refractivity contribution in [2.75, 3.05) is 7.05 Å². The monoisotopic (exact) mass is 302 g/mol. The van der Waals surface area contributed by atoms with Crippen LogP contribution in [0.1, 0.15) is 42.6 Å². The van der Waals surface area contributed by atoms with Gasteiger partial charge in [0.1, 0.15) is 0 Å².